The van der Waals surface area contributed by atoms with Crippen LogP contribution in [-0.4, -0.2) is 19.1 Å². The largest absolute Gasteiger partial charge is 0.481 e. The second-order valence-electron chi connectivity index (χ2n) is 4.06. The Hall–Kier alpha value is -1.10. The summed E-state index contributed by atoms with van der Waals surface area (Å²) in [5.41, 5.74) is 0. The van der Waals surface area contributed by atoms with Crippen molar-refractivity contribution in [1.82, 2.24) is 5.32 Å². The highest BCUT2D eigenvalue weighted by atomic mass is 79.9. The van der Waals surface area contributed by atoms with E-state index in [0.717, 1.165) is 0 Å². The van der Waals surface area contributed by atoms with Crippen LogP contribution >= 0.6 is 15.9 Å². The van der Waals surface area contributed by atoms with E-state index in [1.165, 1.54) is 12.1 Å². The highest BCUT2D eigenvalue weighted by molar-refractivity contribution is 9.10. The molecular weight excluding hydrogens is 289 g/mol. The average Bonchev–Trinajstić information content (AvgIpc) is 2.25. The van der Waals surface area contributed by atoms with Crippen molar-refractivity contribution in [3.63, 3.8) is 0 Å². The number of benzene rings is 1. The van der Waals surface area contributed by atoms with Gasteiger partial charge in [0.25, 0.3) is 5.91 Å². The summed E-state index contributed by atoms with van der Waals surface area (Å²) in [5, 5.41) is 2.69. The van der Waals surface area contributed by atoms with Crippen molar-refractivity contribution in [2.45, 2.75) is 13.8 Å². The number of hydrogen-bond donors (Lipinski definition) is 1. The van der Waals surface area contributed by atoms with Gasteiger partial charge in [-0.05, 0) is 24.1 Å². The van der Waals surface area contributed by atoms with E-state index in [0.29, 0.717) is 16.9 Å². The molecule has 0 aliphatic heterocycles. The fourth-order valence-electron chi connectivity index (χ4n) is 1.10. The van der Waals surface area contributed by atoms with E-state index in [9.17, 15) is 9.18 Å². The van der Waals surface area contributed by atoms with Gasteiger partial charge in [0.15, 0.2) is 18.2 Å². The Balaban J connectivity index is 2.42. The van der Waals surface area contributed by atoms with Crippen molar-refractivity contribution >= 4 is 21.8 Å². The van der Waals surface area contributed by atoms with E-state index in [1.54, 1.807) is 6.07 Å². The van der Waals surface area contributed by atoms with Gasteiger partial charge in [-0.25, -0.2) is 4.39 Å². The Morgan fingerprint density at radius 3 is 2.82 bits per heavy atom. The predicted octanol–water partition coefficient (Wildman–Crippen LogP) is 2.74. The van der Waals surface area contributed by atoms with Crippen LogP contribution in [0.1, 0.15) is 13.8 Å². The first kappa shape index (κ1) is 14.0. The molecule has 1 aromatic rings. The molecule has 0 heterocycles. The van der Waals surface area contributed by atoms with Gasteiger partial charge >= 0.3 is 0 Å². The maximum Gasteiger partial charge on any atom is 0.257 e. The molecule has 17 heavy (non-hydrogen) atoms. The fraction of sp³-hybridized carbons (Fsp3) is 0.417. The van der Waals surface area contributed by atoms with Crippen molar-refractivity contribution in [2.75, 3.05) is 13.2 Å². The standard InChI is InChI=1S/C12H15BrFNO2/c1-8(2)6-15-12(16)7-17-11-4-3-9(13)5-10(11)14/h3-5,8H,6-7H2,1-2H3,(H,15,16). The molecule has 1 N–H and O–H groups in total. The number of amides is 1. The third-order valence-electron chi connectivity index (χ3n) is 1.96. The van der Waals surface area contributed by atoms with Crippen molar-refractivity contribution in [3.05, 3.63) is 28.5 Å². The van der Waals surface area contributed by atoms with Gasteiger partial charge in [0.2, 0.25) is 0 Å². The number of rotatable bonds is 5. The number of nitrogens with one attached hydrogen (secondary N) is 1. The minimum absolute atomic E-state index is 0.0768. The lowest BCUT2D eigenvalue weighted by atomic mass is 10.2. The summed E-state index contributed by atoms with van der Waals surface area (Å²) >= 11 is 3.14. The number of halogens is 2. The summed E-state index contributed by atoms with van der Waals surface area (Å²) in [7, 11) is 0. The van der Waals surface area contributed by atoms with Crippen LogP contribution in [0.5, 0.6) is 5.75 Å². The minimum Gasteiger partial charge on any atom is -0.481 e. The summed E-state index contributed by atoms with van der Waals surface area (Å²) in [6, 6.07) is 4.43. The van der Waals surface area contributed by atoms with Crippen molar-refractivity contribution in [2.24, 2.45) is 5.92 Å². The summed E-state index contributed by atoms with van der Waals surface area (Å²) in [6.07, 6.45) is 0. The van der Waals surface area contributed by atoms with Crippen LogP contribution in [-0.2, 0) is 4.79 Å². The fourth-order valence-corrected chi connectivity index (χ4v) is 1.44. The zero-order valence-electron chi connectivity index (χ0n) is 9.80. The van der Waals surface area contributed by atoms with Gasteiger partial charge in [-0.2, -0.15) is 0 Å². The van der Waals surface area contributed by atoms with E-state index in [2.05, 4.69) is 21.2 Å². The Morgan fingerprint density at radius 1 is 1.53 bits per heavy atom. The Morgan fingerprint density at radius 2 is 2.24 bits per heavy atom. The average molecular weight is 304 g/mol. The van der Waals surface area contributed by atoms with Gasteiger partial charge in [-0.3, -0.25) is 4.79 Å². The summed E-state index contributed by atoms with van der Waals surface area (Å²) < 4.78 is 19.0. The minimum atomic E-state index is -0.490. The summed E-state index contributed by atoms with van der Waals surface area (Å²) in [4.78, 5) is 11.3. The first-order valence-electron chi connectivity index (χ1n) is 5.33. The second kappa shape index (κ2) is 6.59. The molecule has 0 aromatic heterocycles. The monoisotopic (exact) mass is 303 g/mol. The van der Waals surface area contributed by atoms with Gasteiger partial charge in [-0.15, -0.1) is 0 Å². The first-order valence-corrected chi connectivity index (χ1v) is 6.13. The van der Waals surface area contributed by atoms with E-state index < -0.39 is 5.82 Å². The summed E-state index contributed by atoms with van der Waals surface area (Å²) in [6.45, 7) is 4.40. The second-order valence-corrected chi connectivity index (χ2v) is 4.98. The molecule has 0 fully saturated rings. The number of carbonyl (C=O) groups excluding carboxylic acids is 1. The Bertz CT molecular complexity index is 396. The quantitative estimate of drug-likeness (QED) is 0.908. The molecule has 0 saturated heterocycles. The third kappa shape index (κ3) is 5.17. The predicted molar refractivity (Wildman–Crippen MR) is 67.4 cm³/mol. The van der Waals surface area contributed by atoms with Crippen LogP contribution < -0.4 is 10.1 Å². The number of ether oxygens (including phenoxy) is 1. The van der Waals surface area contributed by atoms with Crippen LogP contribution in [0, 0.1) is 11.7 Å². The molecule has 0 atom stereocenters. The molecule has 0 aliphatic carbocycles. The Labute approximate surface area is 108 Å². The van der Waals surface area contributed by atoms with Gasteiger partial charge in [-0.1, -0.05) is 29.8 Å². The molecule has 0 saturated carbocycles. The van der Waals surface area contributed by atoms with Crippen molar-refractivity contribution in [1.29, 1.82) is 0 Å². The van der Waals surface area contributed by atoms with E-state index in [4.69, 9.17) is 4.74 Å². The molecule has 0 bridgehead atoms. The first-order chi connectivity index (χ1) is 7.99. The molecular formula is C12H15BrFNO2. The molecule has 5 heteroatoms. The van der Waals surface area contributed by atoms with E-state index >= 15 is 0 Å². The topological polar surface area (TPSA) is 38.3 Å². The lowest BCUT2D eigenvalue weighted by Crippen LogP contribution is -2.31. The highest BCUT2D eigenvalue weighted by Gasteiger charge is 2.07. The highest BCUT2D eigenvalue weighted by Crippen LogP contribution is 2.21. The van der Waals surface area contributed by atoms with Crippen molar-refractivity contribution < 1.29 is 13.9 Å². The molecule has 0 spiro atoms. The number of hydrogen-bond acceptors (Lipinski definition) is 2. The van der Waals surface area contributed by atoms with E-state index in [1.807, 2.05) is 13.8 Å². The maximum atomic E-state index is 13.3. The van der Waals surface area contributed by atoms with Crippen LogP contribution in [0.15, 0.2) is 22.7 Å². The molecule has 1 aromatic carbocycles. The SMILES string of the molecule is CC(C)CNC(=O)COc1ccc(Br)cc1F. The van der Waals surface area contributed by atoms with Crippen LogP contribution in [0.25, 0.3) is 0 Å². The van der Waals surface area contributed by atoms with Crippen LogP contribution in [0.3, 0.4) is 0 Å². The maximum absolute atomic E-state index is 13.3. The van der Waals surface area contributed by atoms with E-state index in [-0.39, 0.29) is 18.3 Å². The molecule has 0 aliphatic rings. The van der Waals surface area contributed by atoms with Crippen molar-refractivity contribution in [3.8, 4) is 5.75 Å². The molecule has 0 unspecified atom stereocenters. The van der Waals surface area contributed by atoms with Crippen LogP contribution in [0.4, 0.5) is 4.39 Å². The molecule has 0 radical (unpaired) electrons. The summed E-state index contributed by atoms with van der Waals surface area (Å²) in [5.74, 6) is -0.284. The normalized spacial score (nSPS) is 10.4. The lowest BCUT2D eigenvalue weighted by Gasteiger charge is -2.09. The molecule has 1 amide bonds. The van der Waals surface area contributed by atoms with Gasteiger partial charge in [0.1, 0.15) is 0 Å². The molecule has 1 rings (SSSR count). The zero-order chi connectivity index (χ0) is 12.8. The number of carbonyl (C=O) groups is 1. The zero-order valence-corrected chi connectivity index (χ0v) is 11.4. The smallest absolute Gasteiger partial charge is 0.257 e. The van der Waals surface area contributed by atoms with Crippen LogP contribution in [0.2, 0.25) is 0 Å². The van der Waals surface area contributed by atoms with Gasteiger partial charge < -0.3 is 10.1 Å². The Kier molecular flexibility index (Phi) is 5.41. The lowest BCUT2D eigenvalue weighted by molar-refractivity contribution is -0.123. The molecule has 94 valence electrons. The van der Waals surface area contributed by atoms with Gasteiger partial charge in [0, 0.05) is 11.0 Å². The van der Waals surface area contributed by atoms with Gasteiger partial charge in [0.05, 0.1) is 0 Å². The molecule has 3 nitrogen and oxygen atoms in total. The third-order valence-corrected chi connectivity index (χ3v) is 2.45.